The molecule has 0 spiro atoms. The summed E-state index contributed by atoms with van der Waals surface area (Å²) in [6.07, 6.45) is 5.33. The summed E-state index contributed by atoms with van der Waals surface area (Å²) in [4.78, 5) is 29.5. The summed E-state index contributed by atoms with van der Waals surface area (Å²) in [6, 6.07) is 17.7. The van der Waals surface area contributed by atoms with E-state index in [-0.39, 0.29) is 23.4 Å². The fraction of sp³-hybridized carbons (Fsp3) is 0.394. The maximum absolute atomic E-state index is 14.3. The Hall–Kier alpha value is -3.07. The number of hydrogen-bond donors (Lipinski definition) is 1. The van der Waals surface area contributed by atoms with Gasteiger partial charge in [0.15, 0.2) is 0 Å². The molecule has 1 aliphatic carbocycles. The zero-order chi connectivity index (χ0) is 31.1. The number of nitrogens with zero attached hydrogens (tertiary/aromatic N) is 2. The minimum atomic E-state index is -4.15. The van der Waals surface area contributed by atoms with Crippen molar-refractivity contribution in [3.8, 4) is 0 Å². The standard InChI is InChI=1S/C33H39Cl2N3O4S/c1-4-31(33(40)36-25-11-6-5-7-12-25)37(21-28-29(34)14-9-15-30(28)35)32(39)22-38(26-13-8-10-24(3)20-26)43(41,42)27-18-16-23(2)17-19-27/h8-10,13-20,25,31H,4-7,11-12,21-22H2,1-3H3,(H,36,40)/t31-/m1/s1. The van der Waals surface area contributed by atoms with Crippen LogP contribution in [0.3, 0.4) is 0 Å². The van der Waals surface area contributed by atoms with E-state index in [1.165, 1.54) is 17.0 Å². The first-order chi connectivity index (χ1) is 20.5. The van der Waals surface area contributed by atoms with Crippen LogP contribution in [0.4, 0.5) is 5.69 Å². The second-order valence-electron chi connectivity index (χ2n) is 11.2. The van der Waals surface area contributed by atoms with Crippen molar-refractivity contribution in [3.05, 3.63) is 93.5 Å². The number of carbonyl (C=O) groups excluding carboxylic acids is 2. The Morgan fingerprint density at radius 3 is 2.14 bits per heavy atom. The van der Waals surface area contributed by atoms with Crippen LogP contribution in [0.1, 0.15) is 62.1 Å². The Bertz CT molecular complexity index is 1520. The largest absolute Gasteiger partial charge is 0.352 e. The molecule has 1 saturated carbocycles. The first-order valence-corrected chi connectivity index (χ1v) is 16.9. The Morgan fingerprint density at radius 1 is 0.907 bits per heavy atom. The van der Waals surface area contributed by atoms with Gasteiger partial charge in [0.1, 0.15) is 12.6 Å². The number of benzene rings is 3. The van der Waals surface area contributed by atoms with Crippen molar-refractivity contribution < 1.29 is 18.0 Å². The van der Waals surface area contributed by atoms with E-state index in [9.17, 15) is 18.0 Å². The van der Waals surface area contributed by atoms with Crippen molar-refractivity contribution in [3.63, 3.8) is 0 Å². The maximum Gasteiger partial charge on any atom is 0.264 e. The van der Waals surface area contributed by atoms with Crippen LogP contribution in [-0.4, -0.2) is 43.8 Å². The molecule has 1 N–H and O–H groups in total. The second kappa shape index (κ2) is 14.6. The molecule has 0 bridgehead atoms. The number of carbonyl (C=O) groups is 2. The summed E-state index contributed by atoms with van der Waals surface area (Å²) in [6.45, 7) is 4.99. The van der Waals surface area contributed by atoms with Crippen molar-refractivity contribution in [2.45, 2.75) is 82.8 Å². The SMILES string of the molecule is CC[C@H](C(=O)NC1CCCCC1)N(Cc1c(Cl)cccc1Cl)C(=O)CN(c1cccc(C)c1)S(=O)(=O)c1ccc(C)cc1. The lowest BCUT2D eigenvalue weighted by Gasteiger charge is -2.35. The molecular weight excluding hydrogens is 605 g/mol. The van der Waals surface area contributed by atoms with E-state index in [2.05, 4.69) is 5.32 Å². The van der Waals surface area contributed by atoms with Crippen molar-refractivity contribution in [1.82, 2.24) is 10.2 Å². The maximum atomic E-state index is 14.3. The molecule has 7 nitrogen and oxygen atoms in total. The molecule has 1 aliphatic rings. The highest BCUT2D eigenvalue weighted by Gasteiger charge is 2.35. The molecule has 1 fully saturated rings. The molecule has 3 aromatic carbocycles. The van der Waals surface area contributed by atoms with Crippen molar-refractivity contribution in [2.75, 3.05) is 10.8 Å². The van der Waals surface area contributed by atoms with Gasteiger partial charge in [0.25, 0.3) is 10.0 Å². The fourth-order valence-electron chi connectivity index (χ4n) is 5.47. The minimum absolute atomic E-state index is 0.0434. The van der Waals surface area contributed by atoms with Crippen LogP contribution in [0.2, 0.25) is 10.0 Å². The average Bonchev–Trinajstić information content (AvgIpc) is 2.97. The van der Waals surface area contributed by atoms with Gasteiger partial charge in [-0.3, -0.25) is 13.9 Å². The monoisotopic (exact) mass is 643 g/mol. The summed E-state index contributed by atoms with van der Waals surface area (Å²) < 4.78 is 29.2. The van der Waals surface area contributed by atoms with E-state index >= 15 is 0 Å². The fourth-order valence-corrected chi connectivity index (χ4v) is 7.39. The zero-order valence-electron chi connectivity index (χ0n) is 24.9. The van der Waals surface area contributed by atoms with Crippen LogP contribution in [-0.2, 0) is 26.2 Å². The molecule has 0 aliphatic heterocycles. The number of aryl methyl sites for hydroxylation is 2. The van der Waals surface area contributed by atoms with Crippen LogP contribution in [0.25, 0.3) is 0 Å². The predicted molar refractivity (Wildman–Crippen MR) is 173 cm³/mol. The Morgan fingerprint density at radius 2 is 1.53 bits per heavy atom. The van der Waals surface area contributed by atoms with Gasteiger partial charge in [0.2, 0.25) is 11.8 Å². The molecule has 0 radical (unpaired) electrons. The molecule has 0 heterocycles. The van der Waals surface area contributed by atoms with Gasteiger partial charge >= 0.3 is 0 Å². The molecule has 43 heavy (non-hydrogen) atoms. The van der Waals surface area contributed by atoms with Crippen molar-refractivity contribution >= 4 is 50.7 Å². The molecule has 230 valence electrons. The number of sulfonamides is 1. The summed E-state index contributed by atoms with van der Waals surface area (Å²) in [7, 11) is -4.15. The molecule has 1 atom stereocenters. The average molecular weight is 645 g/mol. The third-order valence-corrected chi connectivity index (χ3v) is 10.4. The zero-order valence-corrected chi connectivity index (χ0v) is 27.2. The lowest BCUT2D eigenvalue weighted by Crippen LogP contribution is -2.54. The summed E-state index contributed by atoms with van der Waals surface area (Å²) >= 11 is 13.0. The van der Waals surface area contributed by atoms with E-state index < -0.39 is 28.5 Å². The van der Waals surface area contributed by atoms with E-state index in [4.69, 9.17) is 23.2 Å². The molecule has 0 unspecified atom stereocenters. The highest BCUT2D eigenvalue weighted by molar-refractivity contribution is 7.92. The highest BCUT2D eigenvalue weighted by Crippen LogP contribution is 2.29. The van der Waals surface area contributed by atoms with Gasteiger partial charge in [-0.15, -0.1) is 0 Å². The summed E-state index contributed by atoms with van der Waals surface area (Å²) in [5, 5.41) is 3.86. The minimum Gasteiger partial charge on any atom is -0.352 e. The summed E-state index contributed by atoms with van der Waals surface area (Å²) in [5.41, 5.74) is 2.60. The highest BCUT2D eigenvalue weighted by atomic mass is 35.5. The van der Waals surface area contributed by atoms with E-state index in [1.54, 1.807) is 48.5 Å². The number of anilines is 1. The van der Waals surface area contributed by atoms with E-state index in [0.29, 0.717) is 27.7 Å². The summed E-state index contributed by atoms with van der Waals surface area (Å²) in [5.74, 6) is -0.812. The van der Waals surface area contributed by atoms with Crippen LogP contribution >= 0.6 is 23.2 Å². The topological polar surface area (TPSA) is 86.8 Å². The Balaban J connectivity index is 1.74. The Labute approximate surface area is 265 Å². The first-order valence-electron chi connectivity index (χ1n) is 14.7. The van der Waals surface area contributed by atoms with E-state index in [1.807, 2.05) is 26.8 Å². The smallest absolute Gasteiger partial charge is 0.264 e. The van der Waals surface area contributed by atoms with Gasteiger partial charge in [0, 0.05) is 28.2 Å². The number of halogens is 2. The van der Waals surface area contributed by atoms with Crippen LogP contribution in [0.15, 0.2) is 71.6 Å². The number of amides is 2. The molecule has 0 aromatic heterocycles. The molecule has 0 saturated heterocycles. The third kappa shape index (κ3) is 8.11. The van der Waals surface area contributed by atoms with Gasteiger partial charge < -0.3 is 10.2 Å². The van der Waals surface area contributed by atoms with Crippen LogP contribution in [0, 0.1) is 13.8 Å². The molecular formula is C33H39Cl2N3O4S. The number of rotatable bonds is 11. The second-order valence-corrected chi connectivity index (χ2v) is 13.8. The predicted octanol–water partition coefficient (Wildman–Crippen LogP) is 7.06. The molecule has 2 amide bonds. The lowest BCUT2D eigenvalue weighted by molar-refractivity contribution is -0.140. The van der Waals surface area contributed by atoms with Crippen LogP contribution < -0.4 is 9.62 Å². The van der Waals surface area contributed by atoms with Gasteiger partial charge in [-0.2, -0.15) is 0 Å². The van der Waals surface area contributed by atoms with Gasteiger partial charge in [-0.05, 0) is 75.1 Å². The quantitative estimate of drug-likeness (QED) is 0.242. The lowest BCUT2D eigenvalue weighted by atomic mass is 9.95. The molecule has 4 rings (SSSR count). The molecule has 3 aromatic rings. The number of nitrogens with one attached hydrogen (secondary N) is 1. The van der Waals surface area contributed by atoms with E-state index in [0.717, 1.165) is 47.5 Å². The third-order valence-electron chi connectivity index (χ3n) is 7.91. The molecule has 10 heteroatoms. The van der Waals surface area contributed by atoms with Crippen LogP contribution in [0.5, 0.6) is 0 Å². The van der Waals surface area contributed by atoms with Gasteiger partial charge in [-0.25, -0.2) is 8.42 Å². The Kier molecular flexibility index (Phi) is 11.2. The van der Waals surface area contributed by atoms with Gasteiger partial charge in [0.05, 0.1) is 10.6 Å². The van der Waals surface area contributed by atoms with Gasteiger partial charge in [-0.1, -0.05) is 85.3 Å². The normalized spacial score (nSPS) is 14.6. The van der Waals surface area contributed by atoms with Crippen molar-refractivity contribution in [1.29, 1.82) is 0 Å². The first kappa shape index (κ1) is 32.8. The van der Waals surface area contributed by atoms with Crippen molar-refractivity contribution in [2.24, 2.45) is 0 Å². The number of hydrogen-bond acceptors (Lipinski definition) is 4.